The minimum absolute atomic E-state index is 0.0721. The summed E-state index contributed by atoms with van der Waals surface area (Å²) in [5.41, 5.74) is 3.62. The highest BCUT2D eigenvalue weighted by Gasteiger charge is 2.28. The molecule has 22 heavy (non-hydrogen) atoms. The van der Waals surface area contributed by atoms with E-state index in [4.69, 9.17) is 0 Å². The molecular formula is C16H17N5O. The van der Waals surface area contributed by atoms with Gasteiger partial charge in [-0.2, -0.15) is 5.10 Å². The van der Waals surface area contributed by atoms with Crippen molar-refractivity contribution in [3.63, 3.8) is 0 Å². The maximum atomic E-state index is 12.7. The molecule has 1 N–H and O–H groups in total. The Morgan fingerprint density at radius 1 is 1.41 bits per heavy atom. The highest BCUT2D eigenvalue weighted by Crippen LogP contribution is 2.23. The zero-order valence-electron chi connectivity index (χ0n) is 12.4. The third kappa shape index (κ3) is 2.16. The fourth-order valence-corrected chi connectivity index (χ4v) is 3.03. The van der Waals surface area contributed by atoms with Gasteiger partial charge in [-0.1, -0.05) is 0 Å². The van der Waals surface area contributed by atoms with Crippen LogP contribution in [0.25, 0.3) is 11.0 Å². The highest BCUT2D eigenvalue weighted by atomic mass is 16.2. The monoisotopic (exact) mass is 295 g/mol. The van der Waals surface area contributed by atoms with Crippen molar-refractivity contribution < 1.29 is 4.79 Å². The lowest BCUT2D eigenvalue weighted by atomic mass is 10.2. The summed E-state index contributed by atoms with van der Waals surface area (Å²) in [5.74, 6) is 0.0721. The number of carbonyl (C=O) groups excluding carboxylic acids is 1. The molecule has 1 unspecified atom stereocenters. The molecule has 2 aromatic heterocycles. The summed E-state index contributed by atoms with van der Waals surface area (Å²) in [7, 11) is 0. The van der Waals surface area contributed by atoms with Gasteiger partial charge >= 0.3 is 0 Å². The summed E-state index contributed by atoms with van der Waals surface area (Å²) in [5, 5.41) is 4.36. The number of hydrogen-bond acceptors (Lipinski definition) is 3. The first-order valence-corrected chi connectivity index (χ1v) is 7.44. The maximum absolute atomic E-state index is 12.7. The van der Waals surface area contributed by atoms with Gasteiger partial charge in [-0.25, -0.2) is 4.98 Å². The molecule has 0 radical (unpaired) electrons. The summed E-state index contributed by atoms with van der Waals surface area (Å²) in [6.45, 7) is 3.51. The van der Waals surface area contributed by atoms with E-state index in [1.807, 2.05) is 47.1 Å². The fourth-order valence-electron chi connectivity index (χ4n) is 3.03. The molecule has 0 spiro atoms. The summed E-state index contributed by atoms with van der Waals surface area (Å²) >= 11 is 0. The van der Waals surface area contributed by atoms with E-state index in [-0.39, 0.29) is 11.9 Å². The van der Waals surface area contributed by atoms with Crippen molar-refractivity contribution in [2.75, 3.05) is 13.1 Å². The van der Waals surface area contributed by atoms with Crippen molar-refractivity contribution in [2.45, 2.75) is 19.4 Å². The number of H-pyrrole nitrogens is 1. The molecule has 6 nitrogen and oxygen atoms in total. The first-order chi connectivity index (χ1) is 10.7. The number of nitrogens with zero attached hydrogens (tertiary/aromatic N) is 4. The zero-order chi connectivity index (χ0) is 15.1. The molecule has 3 aromatic rings. The smallest absolute Gasteiger partial charge is 0.254 e. The van der Waals surface area contributed by atoms with Crippen molar-refractivity contribution in [1.82, 2.24) is 24.6 Å². The average Bonchev–Trinajstić information content (AvgIpc) is 3.25. The second kappa shape index (κ2) is 4.98. The van der Waals surface area contributed by atoms with Crippen LogP contribution in [0, 0.1) is 6.92 Å². The first kappa shape index (κ1) is 13.1. The molecular weight excluding hydrogens is 278 g/mol. The van der Waals surface area contributed by atoms with Crippen LogP contribution in [0.1, 0.15) is 28.4 Å². The number of fused-ring (bicyclic) bond motifs is 1. The molecule has 1 saturated heterocycles. The number of amides is 1. The van der Waals surface area contributed by atoms with E-state index in [0.717, 1.165) is 29.6 Å². The number of nitrogens with one attached hydrogen (secondary N) is 1. The molecule has 6 heteroatoms. The molecule has 1 aromatic carbocycles. The molecule has 0 saturated carbocycles. The lowest BCUT2D eigenvalue weighted by Crippen LogP contribution is -2.29. The molecule has 0 bridgehead atoms. The molecule has 1 amide bonds. The van der Waals surface area contributed by atoms with E-state index in [2.05, 4.69) is 15.1 Å². The standard InChI is InChI=1S/C16H17N5O/c1-11-7-19-21(8-11)13-4-5-20(9-13)16(22)12-2-3-14-15(6-12)18-10-17-14/h2-3,6-8,10,13H,4-5,9H2,1H3,(H,17,18). The molecule has 0 aliphatic carbocycles. The first-order valence-electron chi connectivity index (χ1n) is 7.44. The van der Waals surface area contributed by atoms with Gasteiger partial charge in [0, 0.05) is 24.8 Å². The van der Waals surface area contributed by atoms with Crippen LogP contribution in [0.5, 0.6) is 0 Å². The van der Waals surface area contributed by atoms with E-state index in [9.17, 15) is 4.79 Å². The third-order valence-corrected chi connectivity index (χ3v) is 4.22. The van der Waals surface area contributed by atoms with Gasteiger partial charge in [-0.05, 0) is 37.1 Å². The van der Waals surface area contributed by atoms with Gasteiger partial charge in [-0.15, -0.1) is 0 Å². The Morgan fingerprint density at radius 3 is 3.14 bits per heavy atom. The predicted molar refractivity (Wildman–Crippen MR) is 82.6 cm³/mol. The number of aromatic nitrogens is 4. The topological polar surface area (TPSA) is 66.8 Å². The van der Waals surface area contributed by atoms with Crippen LogP contribution < -0.4 is 0 Å². The van der Waals surface area contributed by atoms with Gasteiger partial charge in [0.05, 0.1) is 29.6 Å². The van der Waals surface area contributed by atoms with E-state index in [1.165, 1.54) is 0 Å². The Balaban J connectivity index is 1.53. The van der Waals surface area contributed by atoms with E-state index in [0.29, 0.717) is 12.1 Å². The lowest BCUT2D eigenvalue weighted by Gasteiger charge is -2.16. The van der Waals surface area contributed by atoms with Gasteiger partial charge in [0.2, 0.25) is 0 Å². The molecule has 1 aliphatic heterocycles. The SMILES string of the molecule is Cc1cnn(C2CCN(C(=O)c3ccc4nc[nH]c4c3)C2)c1. The number of aryl methyl sites for hydroxylation is 1. The van der Waals surface area contributed by atoms with Crippen LogP contribution in [0.2, 0.25) is 0 Å². The van der Waals surface area contributed by atoms with Crippen LogP contribution in [0.4, 0.5) is 0 Å². The Labute approximate surface area is 127 Å². The maximum Gasteiger partial charge on any atom is 0.254 e. The Morgan fingerprint density at radius 2 is 2.32 bits per heavy atom. The number of hydrogen-bond donors (Lipinski definition) is 1. The number of aromatic amines is 1. The molecule has 4 rings (SSSR count). The number of benzene rings is 1. The highest BCUT2D eigenvalue weighted by molar-refractivity contribution is 5.97. The van der Waals surface area contributed by atoms with Gasteiger partial charge in [0.1, 0.15) is 0 Å². The van der Waals surface area contributed by atoms with Crippen LogP contribution in [0.3, 0.4) is 0 Å². The minimum Gasteiger partial charge on any atom is -0.345 e. The Kier molecular flexibility index (Phi) is 2.96. The summed E-state index contributed by atoms with van der Waals surface area (Å²) in [6.07, 6.45) is 6.48. The Hall–Kier alpha value is -2.63. The van der Waals surface area contributed by atoms with Gasteiger partial charge in [0.15, 0.2) is 0 Å². The minimum atomic E-state index is 0.0721. The van der Waals surface area contributed by atoms with E-state index in [1.54, 1.807) is 6.33 Å². The van der Waals surface area contributed by atoms with Gasteiger partial charge in [0.25, 0.3) is 5.91 Å². The zero-order valence-corrected chi connectivity index (χ0v) is 12.4. The summed E-state index contributed by atoms with van der Waals surface area (Å²) in [6, 6.07) is 5.87. The summed E-state index contributed by atoms with van der Waals surface area (Å²) in [4.78, 5) is 21.8. The normalized spacial score (nSPS) is 18.2. The summed E-state index contributed by atoms with van der Waals surface area (Å²) < 4.78 is 1.97. The van der Waals surface area contributed by atoms with Crippen LogP contribution in [-0.4, -0.2) is 43.6 Å². The van der Waals surface area contributed by atoms with Crippen LogP contribution in [-0.2, 0) is 0 Å². The second-order valence-electron chi connectivity index (χ2n) is 5.83. The fraction of sp³-hybridized carbons (Fsp3) is 0.312. The average molecular weight is 295 g/mol. The van der Waals surface area contributed by atoms with Crippen molar-refractivity contribution in [1.29, 1.82) is 0 Å². The van der Waals surface area contributed by atoms with Crippen LogP contribution >= 0.6 is 0 Å². The molecule has 3 heterocycles. The molecule has 1 atom stereocenters. The molecule has 112 valence electrons. The third-order valence-electron chi connectivity index (χ3n) is 4.22. The second-order valence-corrected chi connectivity index (χ2v) is 5.83. The molecule has 1 fully saturated rings. The van der Waals surface area contributed by atoms with Crippen molar-refractivity contribution in [3.8, 4) is 0 Å². The largest absolute Gasteiger partial charge is 0.345 e. The number of likely N-dealkylation sites (tertiary alicyclic amines) is 1. The van der Waals surface area contributed by atoms with Crippen molar-refractivity contribution >= 4 is 16.9 Å². The van der Waals surface area contributed by atoms with Crippen molar-refractivity contribution in [2.24, 2.45) is 0 Å². The molecule has 1 aliphatic rings. The number of imidazole rings is 1. The van der Waals surface area contributed by atoms with Crippen molar-refractivity contribution in [3.05, 3.63) is 48.0 Å². The predicted octanol–water partition coefficient (Wildman–Crippen LogP) is 2.16. The quantitative estimate of drug-likeness (QED) is 0.787. The number of carbonyl (C=O) groups is 1. The van der Waals surface area contributed by atoms with Crippen LogP contribution in [0.15, 0.2) is 36.9 Å². The van der Waals surface area contributed by atoms with E-state index >= 15 is 0 Å². The number of rotatable bonds is 2. The van der Waals surface area contributed by atoms with Gasteiger partial charge in [-0.3, -0.25) is 9.48 Å². The van der Waals surface area contributed by atoms with Gasteiger partial charge < -0.3 is 9.88 Å². The van der Waals surface area contributed by atoms with E-state index < -0.39 is 0 Å². The Bertz CT molecular complexity index is 834. The lowest BCUT2D eigenvalue weighted by molar-refractivity contribution is 0.0787.